The zero-order chi connectivity index (χ0) is 63.2. The van der Waals surface area contributed by atoms with Crippen molar-refractivity contribution in [3.8, 4) is 51.6 Å². The zero-order valence-corrected chi connectivity index (χ0v) is 46.9. The first-order chi connectivity index (χ1) is 43.5. The third kappa shape index (κ3) is 10.8. The average Bonchev–Trinajstić information content (AvgIpc) is 0.758. The lowest BCUT2D eigenvalue weighted by Crippen LogP contribution is -2.41. The first-order valence-electron chi connectivity index (χ1n) is 27.5. The van der Waals surface area contributed by atoms with Gasteiger partial charge >= 0.3 is 23.9 Å². The molecule has 0 fully saturated rings. The Balaban J connectivity index is 1.20. The summed E-state index contributed by atoms with van der Waals surface area (Å²) in [6.07, 6.45) is 0. The van der Waals surface area contributed by atoms with Crippen molar-refractivity contribution < 1.29 is 88.4 Å². The van der Waals surface area contributed by atoms with Crippen LogP contribution in [-0.2, 0) is 51.4 Å². The molecule has 0 unspecified atom stereocenters. The van der Waals surface area contributed by atoms with Crippen molar-refractivity contribution in [1.82, 2.24) is 0 Å². The van der Waals surface area contributed by atoms with Crippen LogP contribution in [0.1, 0.15) is 44.5 Å². The van der Waals surface area contributed by atoms with Gasteiger partial charge in [-0.25, -0.2) is 29.0 Å². The summed E-state index contributed by atoms with van der Waals surface area (Å²) >= 11 is 0. The molecule has 0 radical (unpaired) electrons. The Labute approximate surface area is 510 Å². The molecule has 0 bridgehead atoms. The second-order valence-electron chi connectivity index (χ2n) is 20.3. The number of carbonyl (C=O) groups excluding carboxylic acids is 4. The molecule has 0 saturated carbocycles. The molecule has 1 heterocycles. The molecule has 0 aliphatic carbocycles. The molecule has 11 rings (SSSR count). The van der Waals surface area contributed by atoms with E-state index in [-0.39, 0.29) is 44.5 Å². The fourth-order valence-corrected chi connectivity index (χ4v) is 10.2. The summed E-state index contributed by atoms with van der Waals surface area (Å²) in [4.78, 5) is 98.9. The van der Waals surface area contributed by atoms with Crippen molar-refractivity contribution in [2.24, 2.45) is 0 Å². The molecule has 11 aromatic rings. The number of esters is 2. The highest BCUT2D eigenvalue weighted by molar-refractivity contribution is 6.01. The van der Waals surface area contributed by atoms with Crippen LogP contribution >= 0.6 is 0 Å². The molecule has 1 aromatic heterocycles. The number of aromatic hydroxyl groups is 3. The Kier molecular flexibility index (Phi) is 16.5. The Bertz CT molecular complexity index is 4320. The molecule has 448 valence electrons. The number of aliphatic hydroxyl groups is 4. The van der Waals surface area contributed by atoms with Crippen molar-refractivity contribution in [3.05, 3.63) is 316 Å². The van der Waals surface area contributed by atoms with Crippen molar-refractivity contribution >= 4 is 34.8 Å². The van der Waals surface area contributed by atoms with Crippen LogP contribution in [0.25, 0.3) is 22.3 Å². The summed E-state index contributed by atoms with van der Waals surface area (Å²) in [5, 5.41) is 84.0. The number of rotatable bonds is 19. The number of carbonyl (C=O) groups is 4. The lowest BCUT2D eigenvalue weighted by molar-refractivity contribution is -0.231. The van der Waals surface area contributed by atoms with Gasteiger partial charge in [-0.15, -0.1) is 0 Å². The Morgan fingerprint density at radius 1 is 0.333 bits per heavy atom. The lowest BCUT2D eigenvalue weighted by atomic mass is 9.86. The highest BCUT2D eigenvalue weighted by atomic mass is 17.2. The Hall–Kier alpha value is -11.9. The normalized spacial score (nSPS) is 11.7. The highest BCUT2D eigenvalue weighted by Crippen LogP contribution is 2.54. The lowest BCUT2D eigenvalue weighted by Gasteiger charge is -2.29. The molecule has 19 heteroatoms. The fraction of sp³-hybridized carbons (Fsp3) is 0.0563. The number of phenolic OH excluding ortho intramolecular Hbond substituents is 3. The van der Waals surface area contributed by atoms with Gasteiger partial charge in [0.2, 0.25) is 50.8 Å². The zero-order valence-electron chi connectivity index (χ0n) is 46.9. The van der Waals surface area contributed by atoms with Crippen molar-refractivity contribution in [3.63, 3.8) is 0 Å². The predicted octanol–water partition coefficient (Wildman–Crippen LogP) is 9.81. The van der Waals surface area contributed by atoms with E-state index < -0.39 is 114 Å². The third-order valence-electron chi connectivity index (χ3n) is 14.9. The van der Waals surface area contributed by atoms with E-state index in [1.807, 2.05) is 0 Å². The van der Waals surface area contributed by atoms with Crippen LogP contribution in [0.3, 0.4) is 0 Å². The van der Waals surface area contributed by atoms with Gasteiger partial charge in [0.1, 0.15) is 5.39 Å². The number of fused-ring (bicyclic) bond motifs is 1. The van der Waals surface area contributed by atoms with Gasteiger partial charge in [-0.05, 0) is 62.7 Å². The second kappa shape index (κ2) is 24.8. The number of hydrogen-bond acceptors (Lipinski definition) is 19. The van der Waals surface area contributed by atoms with Gasteiger partial charge in [-0.1, -0.05) is 243 Å². The minimum absolute atomic E-state index is 0.0483. The molecule has 0 saturated heterocycles. The van der Waals surface area contributed by atoms with E-state index in [0.717, 1.165) is 18.2 Å². The molecule has 0 aliphatic rings. The van der Waals surface area contributed by atoms with E-state index in [4.69, 9.17) is 33.4 Å². The van der Waals surface area contributed by atoms with Crippen molar-refractivity contribution in [2.75, 3.05) is 0 Å². The molecule has 0 aliphatic heterocycles. The van der Waals surface area contributed by atoms with Gasteiger partial charge in [-0.2, -0.15) is 0 Å². The van der Waals surface area contributed by atoms with Gasteiger partial charge in [-0.3, -0.25) is 14.6 Å². The summed E-state index contributed by atoms with van der Waals surface area (Å²) in [7, 11) is 0. The minimum Gasteiger partial charge on any atom is -0.504 e. The summed E-state index contributed by atoms with van der Waals surface area (Å²) in [6.45, 7) is 0. The number of benzene rings is 10. The fourth-order valence-electron chi connectivity index (χ4n) is 10.2. The minimum atomic E-state index is -2.86. The summed E-state index contributed by atoms with van der Waals surface area (Å²) in [5.74, 6) is -15.7. The Morgan fingerprint density at radius 3 is 0.933 bits per heavy atom. The maximum absolute atomic E-state index is 16.2. The molecule has 0 spiro atoms. The topological polar surface area (TPSA) is 295 Å². The van der Waals surface area contributed by atoms with Gasteiger partial charge in [0.15, 0.2) is 22.8 Å². The smallest absolute Gasteiger partial charge is 0.395 e. The molecule has 19 nitrogen and oxygen atoms in total. The van der Waals surface area contributed by atoms with E-state index in [2.05, 4.69) is 0 Å². The molecule has 7 N–H and O–H groups in total. The van der Waals surface area contributed by atoms with Crippen LogP contribution in [0.15, 0.2) is 270 Å². The first kappa shape index (κ1) is 59.8. The molecule has 0 atom stereocenters. The van der Waals surface area contributed by atoms with Crippen molar-refractivity contribution in [1.29, 1.82) is 0 Å². The van der Waals surface area contributed by atoms with E-state index in [1.165, 1.54) is 194 Å². The van der Waals surface area contributed by atoms with Gasteiger partial charge in [0.05, 0.1) is 0 Å². The van der Waals surface area contributed by atoms with Crippen LogP contribution in [0.4, 0.5) is 0 Å². The predicted molar refractivity (Wildman–Crippen MR) is 321 cm³/mol. The number of hydrogen-bond donors (Lipinski definition) is 7. The van der Waals surface area contributed by atoms with Crippen LogP contribution in [-0.4, -0.2) is 59.6 Å². The molecular weight excluding hydrogens is 1160 g/mol. The van der Waals surface area contributed by atoms with Gasteiger partial charge < -0.3 is 49.6 Å². The van der Waals surface area contributed by atoms with Crippen LogP contribution in [0, 0.1) is 0 Å². The molecular formula is C71H50O19. The Morgan fingerprint density at radius 2 is 0.622 bits per heavy atom. The first-order valence-corrected chi connectivity index (χ1v) is 27.5. The summed E-state index contributed by atoms with van der Waals surface area (Å²) in [5.41, 5.74) is -15.0. The van der Waals surface area contributed by atoms with E-state index >= 15 is 14.4 Å². The number of ether oxygens (including phenoxy) is 2. The monoisotopic (exact) mass is 1210 g/mol. The van der Waals surface area contributed by atoms with Crippen LogP contribution < -0.4 is 24.7 Å². The van der Waals surface area contributed by atoms with Crippen LogP contribution in [0.2, 0.25) is 0 Å². The van der Waals surface area contributed by atoms with Crippen LogP contribution in [0.5, 0.6) is 40.2 Å². The van der Waals surface area contributed by atoms with E-state index in [1.54, 1.807) is 48.5 Å². The van der Waals surface area contributed by atoms with E-state index in [0.29, 0.717) is 0 Å². The number of phenols is 3. The summed E-state index contributed by atoms with van der Waals surface area (Å²) in [6, 6.07) is 61.8. The highest BCUT2D eigenvalue weighted by Gasteiger charge is 2.49. The quantitative estimate of drug-likeness (QED) is 0.0130. The maximum atomic E-state index is 16.2. The SMILES string of the molecule is O=C(OOc1c(-c2ccc(O)c(O)c2)oc2c(OC(=O)C(O)(c3ccccc3)c3ccccc3)c(O)c(OC(=O)C(O)(c3ccccc3)c3ccccc3)c(OOC(=O)C(O)(c3ccccc3)c3ccccc3)c2c1=O)C(O)(c1ccccc1)c1ccccc1. The molecule has 10 aromatic carbocycles. The summed E-state index contributed by atoms with van der Waals surface area (Å²) < 4.78 is 18.5. The van der Waals surface area contributed by atoms with Crippen molar-refractivity contribution in [2.45, 2.75) is 22.4 Å². The second-order valence-corrected chi connectivity index (χ2v) is 20.3. The van der Waals surface area contributed by atoms with E-state index in [9.17, 15) is 45.3 Å². The van der Waals surface area contributed by atoms with Gasteiger partial charge in [0, 0.05) is 5.56 Å². The van der Waals surface area contributed by atoms with Gasteiger partial charge in [0.25, 0.3) is 5.75 Å². The molecule has 90 heavy (non-hydrogen) atoms. The average molecular weight is 1210 g/mol. The largest absolute Gasteiger partial charge is 0.504 e. The standard InChI is InChI=1S/C71H50O19/c72-53-42-41-44(43-54(53)73)58-63(88-90-67(79)71(83,51-37-21-7-22-38-51)52-39-23-8-24-40-52)56(74)55-59(84-58)61(85-64(76)68(80,45-25-9-1-10-26-45)46-27-11-2-12-28-46)57(75)62(86-65(77)69(81,47-29-13-3-14-30-47)48-31-15-4-16-32-48)60(55)87-89-66(78)70(82,49-33-17-5-18-34-49)50-35-19-6-20-36-50/h1-43,72-73,75,80-83H. The maximum Gasteiger partial charge on any atom is 0.395 e. The molecule has 0 amide bonds. The third-order valence-corrected chi connectivity index (χ3v) is 14.9.